The van der Waals surface area contributed by atoms with E-state index in [9.17, 15) is 0 Å². The fourth-order valence-corrected chi connectivity index (χ4v) is 1.11. The van der Waals surface area contributed by atoms with Crippen LogP contribution in [0.1, 0.15) is 27.7 Å². The SMILES string of the molecule is CC(C)N(C)CCOCOCCN(C)C(C)C. The van der Waals surface area contributed by atoms with E-state index in [1.54, 1.807) is 0 Å². The van der Waals surface area contributed by atoms with E-state index >= 15 is 0 Å². The standard InChI is InChI=1S/C13H30N2O2/c1-12(2)14(5)7-9-16-11-17-10-8-15(6)13(3)4/h12-13H,7-11H2,1-6H3. The molecule has 4 nitrogen and oxygen atoms in total. The number of hydrogen-bond donors (Lipinski definition) is 0. The van der Waals surface area contributed by atoms with E-state index in [-0.39, 0.29) is 0 Å². The van der Waals surface area contributed by atoms with Crippen LogP contribution in [0.15, 0.2) is 0 Å². The summed E-state index contributed by atoms with van der Waals surface area (Å²) in [6, 6.07) is 1.14. The van der Waals surface area contributed by atoms with Crippen LogP contribution in [0, 0.1) is 0 Å². The molecule has 0 aromatic rings. The molecule has 0 aromatic carbocycles. The first kappa shape index (κ1) is 16.8. The maximum atomic E-state index is 5.41. The fourth-order valence-electron chi connectivity index (χ4n) is 1.11. The molecule has 0 N–H and O–H groups in total. The summed E-state index contributed by atoms with van der Waals surface area (Å²) in [4.78, 5) is 4.51. The van der Waals surface area contributed by atoms with Crippen molar-refractivity contribution in [3.63, 3.8) is 0 Å². The summed E-state index contributed by atoms with van der Waals surface area (Å²) in [7, 11) is 4.21. The Morgan fingerprint density at radius 1 is 0.765 bits per heavy atom. The van der Waals surface area contributed by atoms with E-state index in [0.717, 1.165) is 26.3 Å². The third-order valence-corrected chi connectivity index (χ3v) is 3.11. The van der Waals surface area contributed by atoms with Crippen LogP contribution in [0.4, 0.5) is 0 Å². The maximum absolute atomic E-state index is 5.41. The average Bonchev–Trinajstić information content (AvgIpc) is 2.26. The summed E-state index contributed by atoms with van der Waals surface area (Å²) >= 11 is 0. The zero-order valence-electron chi connectivity index (χ0n) is 12.4. The summed E-state index contributed by atoms with van der Waals surface area (Å²) in [5, 5.41) is 0. The average molecular weight is 246 g/mol. The molecule has 0 aromatic heterocycles. The lowest BCUT2D eigenvalue weighted by Crippen LogP contribution is -2.31. The van der Waals surface area contributed by atoms with E-state index in [1.807, 2.05) is 0 Å². The van der Waals surface area contributed by atoms with Crippen molar-refractivity contribution >= 4 is 0 Å². The molecule has 17 heavy (non-hydrogen) atoms. The van der Waals surface area contributed by atoms with Gasteiger partial charge in [0.15, 0.2) is 0 Å². The second-order valence-electron chi connectivity index (χ2n) is 5.08. The second kappa shape index (κ2) is 9.83. The maximum Gasteiger partial charge on any atom is 0.146 e. The quantitative estimate of drug-likeness (QED) is 0.432. The monoisotopic (exact) mass is 246 g/mol. The molecular weight excluding hydrogens is 216 g/mol. The van der Waals surface area contributed by atoms with Gasteiger partial charge in [0.2, 0.25) is 0 Å². The highest BCUT2D eigenvalue weighted by atomic mass is 16.7. The largest absolute Gasteiger partial charge is 0.354 e. The van der Waals surface area contributed by atoms with Crippen molar-refractivity contribution in [2.24, 2.45) is 0 Å². The van der Waals surface area contributed by atoms with E-state index in [4.69, 9.17) is 9.47 Å². The minimum absolute atomic E-state index is 0.401. The van der Waals surface area contributed by atoms with Crippen LogP contribution in [0.25, 0.3) is 0 Å². The number of nitrogens with zero attached hydrogens (tertiary/aromatic N) is 2. The molecule has 0 spiro atoms. The van der Waals surface area contributed by atoms with E-state index in [2.05, 4.69) is 51.6 Å². The molecule has 0 heterocycles. The third kappa shape index (κ3) is 9.53. The summed E-state index contributed by atoms with van der Waals surface area (Å²) in [5.41, 5.74) is 0. The molecule has 0 bridgehead atoms. The van der Waals surface area contributed by atoms with Gasteiger partial charge in [0.25, 0.3) is 0 Å². The molecule has 0 atom stereocenters. The zero-order chi connectivity index (χ0) is 13.3. The Morgan fingerprint density at radius 3 is 1.41 bits per heavy atom. The van der Waals surface area contributed by atoms with Crippen LogP contribution in [0.5, 0.6) is 0 Å². The van der Waals surface area contributed by atoms with Crippen molar-refractivity contribution in [3.05, 3.63) is 0 Å². The number of hydrogen-bond acceptors (Lipinski definition) is 4. The lowest BCUT2D eigenvalue weighted by Gasteiger charge is -2.21. The molecular formula is C13H30N2O2. The highest BCUT2D eigenvalue weighted by Crippen LogP contribution is 1.94. The Kier molecular flexibility index (Phi) is 9.74. The minimum Gasteiger partial charge on any atom is -0.354 e. The van der Waals surface area contributed by atoms with Gasteiger partial charge in [-0.15, -0.1) is 0 Å². The molecule has 104 valence electrons. The normalized spacial score (nSPS) is 12.4. The summed E-state index contributed by atoms with van der Waals surface area (Å²) in [6.07, 6.45) is 0. The topological polar surface area (TPSA) is 24.9 Å². The van der Waals surface area contributed by atoms with Gasteiger partial charge in [-0.3, -0.25) is 0 Å². The van der Waals surface area contributed by atoms with Gasteiger partial charge in [0, 0.05) is 25.2 Å². The third-order valence-electron chi connectivity index (χ3n) is 3.11. The number of likely N-dealkylation sites (N-methyl/N-ethyl adjacent to an activating group) is 2. The molecule has 4 heteroatoms. The second-order valence-corrected chi connectivity index (χ2v) is 5.08. The first-order valence-corrected chi connectivity index (χ1v) is 6.51. The van der Waals surface area contributed by atoms with E-state index < -0.39 is 0 Å². The van der Waals surface area contributed by atoms with Crippen LogP contribution in [0.2, 0.25) is 0 Å². The van der Waals surface area contributed by atoms with Gasteiger partial charge in [0.1, 0.15) is 6.79 Å². The summed E-state index contributed by atoms with van der Waals surface area (Å²) in [6.45, 7) is 12.5. The van der Waals surface area contributed by atoms with Crippen LogP contribution in [-0.4, -0.2) is 69.1 Å². The lowest BCUT2D eigenvalue weighted by molar-refractivity contribution is -0.0627. The molecule has 0 aliphatic rings. The Hall–Kier alpha value is -0.160. The Labute approximate surface area is 107 Å². The van der Waals surface area contributed by atoms with Gasteiger partial charge in [-0.05, 0) is 41.8 Å². The van der Waals surface area contributed by atoms with E-state index in [1.165, 1.54) is 0 Å². The highest BCUT2D eigenvalue weighted by Gasteiger charge is 2.03. The van der Waals surface area contributed by atoms with Crippen molar-refractivity contribution in [1.82, 2.24) is 9.80 Å². The van der Waals surface area contributed by atoms with E-state index in [0.29, 0.717) is 18.9 Å². The summed E-state index contributed by atoms with van der Waals surface area (Å²) < 4.78 is 10.8. The molecule has 0 aliphatic heterocycles. The van der Waals surface area contributed by atoms with Crippen molar-refractivity contribution in [2.45, 2.75) is 39.8 Å². The van der Waals surface area contributed by atoms with Gasteiger partial charge in [-0.25, -0.2) is 0 Å². The number of rotatable bonds is 10. The van der Waals surface area contributed by atoms with Crippen molar-refractivity contribution in [2.75, 3.05) is 47.2 Å². The lowest BCUT2D eigenvalue weighted by atomic mass is 10.3. The smallest absolute Gasteiger partial charge is 0.146 e. The first-order valence-electron chi connectivity index (χ1n) is 6.51. The van der Waals surface area contributed by atoms with Gasteiger partial charge in [-0.2, -0.15) is 0 Å². The summed E-state index contributed by atoms with van der Waals surface area (Å²) in [5.74, 6) is 0. The molecule has 0 amide bonds. The zero-order valence-corrected chi connectivity index (χ0v) is 12.4. The van der Waals surface area contributed by atoms with Crippen LogP contribution in [-0.2, 0) is 9.47 Å². The molecule has 0 fully saturated rings. The molecule has 0 saturated carbocycles. The van der Waals surface area contributed by atoms with Gasteiger partial charge in [0.05, 0.1) is 13.2 Å². The molecule has 0 rings (SSSR count). The van der Waals surface area contributed by atoms with Crippen LogP contribution >= 0.6 is 0 Å². The fraction of sp³-hybridized carbons (Fsp3) is 1.00. The van der Waals surface area contributed by atoms with Gasteiger partial charge >= 0.3 is 0 Å². The predicted octanol–water partition coefficient (Wildman–Crippen LogP) is 1.66. The Bertz CT molecular complexity index is 157. The highest BCUT2D eigenvalue weighted by molar-refractivity contribution is 4.56. The van der Waals surface area contributed by atoms with Crippen molar-refractivity contribution in [3.8, 4) is 0 Å². The molecule has 0 aliphatic carbocycles. The Morgan fingerprint density at radius 2 is 1.12 bits per heavy atom. The predicted molar refractivity (Wildman–Crippen MR) is 72.3 cm³/mol. The first-order chi connectivity index (χ1) is 7.95. The van der Waals surface area contributed by atoms with Gasteiger partial charge < -0.3 is 19.3 Å². The van der Waals surface area contributed by atoms with Gasteiger partial charge in [-0.1, -0.05) is 0 Å². The van der Waals surface area contributed by atoms with Crippen molar-refractivity contribution in [1.29, 1.82) is 0 Å². The molecule has 0 unspecified atom stereocenters. The van der Waals surface area contributed by atoms with Crippen molar-refractivity contribution < 1.29 is 9.47 Å². The molecule has 0 radical (unpaired) electrons. The van der Waals surface area contributed by atoms with Crippen LogP contribution in [0.3, 0.4) is 0 Å². The minimum atomic E-state index is 0.401. The number of ether oxygens (including phenoxy) is 2. The molecule has 0 saturated heterocycles. The Balaban J connectivity index is 3.24. The van der Waals surface area contributed by atoms with Crippen LogP contribution < -0.4 is 0 Å².